The lowest BCUT2D eigenvalue weighted by atomic mass is 10.2. The van der Waals surface area contributed by atoms with Gasteiger partial charge in [0, 0.05) is 18.3 Å². The molecule has 3 nitrogen and oxygen atoms in total. The summed E-state index contributed by atoms with van der Waals surface area (Å²) in [4.78, 5) is 15.1. The van der Waals surface area contributed by atoms with Crippen LogP contribution in [0, 0.1) is 0 Å². The van der Waals surface area contributed by atoms with Crippen molar-refractivity contribution in [3.05, 3.63) is 16.3 Å². The van der Waals surface area contributed by atoms with Crippen molar-refractivity contribution in [2.75, 3.05) is 19.9 Å². The minimum absolute atomic E-state index is 0.0963. The number of carbonyl (C=O) groups is 1. The lowest BCUT2D eigenvalue weighted by molar-refractivity contribution is 0.0737. The van der Waals surface area contributed by atoms with Crippen LogP contribution in [0.1, 0.15) is 35.9 Å². The summed E-state index contributed by atoms with van der Waals surface area (Å²) in [5.41, 5.74) is 0. The minimum atomic E-state index is 0.0963. The largest absolute Gasteiger partial charge is 0.495 e. The number of nitrogens with zero attached hydrogens (tertiary/aromatic N) is 1. The number of ether oxygens (including phenoxy) is 1. The van der Waals surface area contributed by atoms with Gasteiger partial charge in [-0.15, -0.1) is 11.3 Å². The third-order valence-corrected chi connectivity index (χ3v) is 5.79. The number of rotatable bonds is 5. The van der Waals surface area contributed by atoms with Gasteiger partial charge in [0.2, 0.25) is 0 Å². The fraction of sp³-hybridized carbons (Fsp3) is 0.643. The molecule has 0 spiro atoms. The lowest BCUT2D eigenvalue weighted by Crippen LogP contribution is -2.35. The smallest absolute Gasteiger partial charge is 0.267 e. The Kier molecular flexibility index (Phi) is 5.16. The van der Waals surface area contributed by atoms with Gasteiger partial charge in [-0.2, -0.15) is 11.8 Å². The van der Waals surface area contributed by atoms with Crippen molar-refractivity contribution in [1.82, 2.24) is 4.90 Å². The molecule has 106 valence electrons. The number of amides is 1. The fourth-order valence-electron chi connectivity index (χ4n) is 2.60. The van der Waals surface area contributed by atoms with Gasteiger partial charge in [-0.1, -0.05) is 6.92 Å². The highest BCUT2D eigenvalue weighted by molar-refractivity contribution is 7.99. The Morgan fingerprint density at radius 3 is 3.05 bits per heavy atom. The van der Waals surface area contributed by atoms with E-state index < -0.39 is 0 Å². The van der Waals surface area contributed by atoms with Crippen LogP contribution in [0.3, 0.4) is 0 Å². The van der Waals surface area contributed by atoms with Crippen molar-refractivity contribution in [2.24, 2.45) is 0 Å². The zero-order valence-corrected chi connectivity index (χ0v) is 13.4. The molecule has 0 bridgehead atoms. The second-order valence-corrected chi connectivity index (χ2v) is 7.27. The maximum absolute atomic E-state index is 12.5. The summed E-state index contributed by atoms with van der Waals surface area (Å²) in [6, 6.07) is 2.24. The molecule has 1 aliphatic carbocycles. The van der Waals surface area contributed by atoms with Crippen LogP contribution in [-0.4, -0.2) is 42.0 Å². The van der Waals surface area contributed by atoms with E-state index in [2.05, 4.69) is 6.92 Å². The van der Waals surface area contributed by atoms with Gasteiger partial charge in [0.1, 0.15) is 10.6 Å². The number of thioether (sulfide) groups is 1. The molecular weight excluding hydrogens is 278 g/mol. The molecule has 1 aliphatic rings. The molecule has 2 rings (SSSR count). The van der Waals surface area contributed by atoms with Gasteiger partial charge in [0.15, 0.2) is 0 Å². The molecule has 0 saturated heterocycles. The summed E-state index contributed by atoms with van der Waals surface area (Å²) in [5.74, 6) is 1.95. The Bertz CT molecular complexity index is 433. The Balaban J connectivity index is 2.00. The SMILES string of the molecule is CCS[C@H]1CC[C@@H](N(C)C(=O)c2sccc2OC)C1. The number of hydrogen-bond acceptors (Lipinski definition) is 4. The third-order valence-electron chi connectivity index (χ3n) is 3.67. The summed E-state index contributed by atoms with van der Waals surface area (Å²) in [6.07, 6.45) is 3.46. The van der Waals surface area contributed by atoms with Gasteiger partial charge in [0.05, 0.1) is 7.11 Å². The van der Waals surface area contributed by atoms with E-state index in [0.29, 0.717) is 11.8 Å². The summed E-state index contributed by atoms with van der Waals surface area (Å²) in [6.45, 7) is 2.20. The molecule has 1 saturated carbocycles. The molecule has 1 aromatic heterocycles. The molecule has 19 heavy (non-hydrogen) atoms. The van der Waals surface area contributed by atoms with Gasteiger partial charge in [0.25, 0.3) is 5.91 Å². The van der Waals surface area contributed by atoms with Crippen molar-refractivity contribution in [1.29, 1.82) is 0 Å². The van der Waals surface area contributed by atoms with E-state index in [1.54, 1.807) is 7.11 Å². The van der Waals surface area contributed by atoms with Gasteiger partial charge >= 0.3 is 0 Å². The number of thiophene rings is 1. The molecule has 5 heteroatoms. The molecule has 0 N–H and O–H groups in total. The van der Waals surface area contributed by atoms with Gasteiger partial charge in [-0.25, -0.2) is 0 Å². The van der Waals surface area contributed by atoms with E-state index in [1.165, 1.54) is 17.8 Å². The normalized spacial score (nSPS) is 22.5. The first-order chi connectivity index (χ1) is 9.17. The van der Waals surface area contributed by atoms with Crippen LogP contribution in [0.2, 0.25) is 0 Å². The quantitative estimate of drug-likeness (QED) is 0.833. The Morgan fingerprint density at radius 2 is 2.37 bits per heavy atom. The first-order valence-electron chi connectivity index (χ1n) is 6.67. The van der Waals surface area contributed by atoms with E-state index in [0.717, 1.165) is 28.7 Å². The summed E-state index contributed by atoms with van der Waals surface area (Å²) >= 11 is 3.48. The minimum Gasteiger partial charge on any atom is -0.495 e. The first-order valence-corrected chi connectivity index (χ1v) is 8.60. The van der Waals surface area contributed by atoms with Crippen LogP contribution in [0.4, 0.5) is 0 Å². The third kappa shape index (κ3) is 3.26. The maximum Gasteiger partial charge on any atom is 0.267 e. The lowest BCUT2D eigenvalue weighted by Gasteiger charge is -2.24. The molecular formula is C14H21NO2S2. The number of hydrogen-bond donors (Lipinski definition) is 0. The van der Waals surface area contributed by atoms with Crippen LogP contribution in [0.5, 0.6) is 5.75 Å². The van der Waals surface area contributed by atoms with Crippen LogP contribution >= 0.6 is 23.1 Å². The van der Waals surface area contributed by atoms with Crippen molar-refractivity contribution < 1.29 is 9.53 Å². The van der Waals surface area contributed by atoms with Gasteiger partial charge in [-0.05, 0) is 36.5 Å². The van der Waals surface area contributed by atoms with Crippen molar-refractivity contribution in [3.8, 4) is 5.75 Å². The molecule has 1 amide bonds. The Labute approximate surface area is 123 Å². The van der Waals surface area contributed by atoms with Crippen molar-refractivity contribution >= 4 is 29.0 Å². The molecule has 1 aromatic rings. The molecule has 1 fully saturated rings. The summed E-state index contributed by atoms with van der Waals surface area (Å²) < 4.78 is 5.24. The molecule has 0 aliphatic heterocycles. The number of carbonyl (C=O) groups excluding carboxylic acids is 1. The maximum atomic E-state index is 12.5. The predicted molar refractivity (Wildman–Crippen MR) is 82.5 cm³/mol. The topological polar surface area (TPSA) is 29.5 Å². The molecule has 2 atom stereocenters. The van der Waals surface area contributed by atoms with E-state index in [4.69, 9.17) is 4.74 Å². The van der Waals surface area contributed by atoms with Crippen LogP contribution < -0.4 is 4.74 Å². The average molecular weight is 299 g/mol. The fourth-order valence-corrected chi connectivity index (χ4v) is 4.57. The standard InChI is InChI=1S/C14H21NO2S2/c1-4-18-11-6-5-10(9-11)15(2)14(16)13-12(17-3)7-8-19-13/h7-8,10-11H,4-6,9H2,1-3H3/t10-,11+/m1/s1. The highest BCUT2D eigenvalue weighted by Crippen LogP contribution is 2.34. The van der Waals surface area contributed by atoms with Crippen molar-refractivity contribution in [3.63, 3.8) is 0 Å². The Morgan fingerprint density at radius 1 is 1.58 bits per heavy atom. The van der Waals surface area contributed by atoms with Gasteiger partial charge < -0.3 is 9.64 Å². The van der Waals surface area contributed by atoms with E-state index in [-0.39, 0.29) is 5.91 Å². The average Bonchev–Trinajstić information content (AvgIpc) is 3.05. The zero-order chi connectivity index (χ0) is 13.8. The summed E-state index contributed by atoms with van der Waals surface area (Å²) in [7, 11) is 3.54. The molecule has 0 aromatic carbocycles. The van der Waals surface area contributed by atoms with Crippen LogP contribution in [-0.2, 0) is 0 Å². The first kappa shape index (κ1) is 14.7. The zero-order valence-electron chi connectivity index (χ0n) is 11.7. The second-order valence-electron chi connectivity index (χ2n) is 4.78. The van der Waals surface area contributed by atoms with Gasteiger partial charge in [-0.3, -0.25) is 4.79 Å². The Hall–Kier alpha value is -0.680. The van der Waals surface area contributed by atoms with Crippen LogP contribution in [0.25, 0.3) is 0 Å². The summed E-state index contributed by atoms with van der Waals surface area (Å²) in [5, 5.41) is 2.63. The van der Waals surface area contributed by atoms with E-state index >= 15 is 0 Å². The molecule has 0 radical (unpaired) electrons. The highest BCUT2D eigenvalue weighted by atomic mass is 32.2. The predicted octanol–water partition coefficient (Wildman–Crippen LogP) is 3.50. The van der Waals surface area contributed by atoms with Crippen molar-refractivity contribution in [2.45, 2.75) is 37.5 Å². The molecule has 0 unspecified atom stereocenters. The van der Waals surface area contributed by atoms with E-state index in [1.807, 2.05) is 35.2 Å². The highest BCUT2D eigenvalue weighted by Gasteiger charge is 2.31. The van der Waals surface area contributed by atoms with E-state index in [9.17, 15) is 4.79 Å². The molecule has 1 heterocycles. The number of methoxy groups -OCH3 is 1. The van der Waals surface area contributed by atoms with Crippen LogP contribution in [0.15, 0.2) is 11.4 Å². The second kappa shape index (κ2) is 6.66. The monoisotopic (exact) mass is 299 g/mol.